The van der Waals surface area contributed by atoms with E-state index in [0.717, 1.165) is 55.6 Å². The van der Waals surface area contributed by atoms with Crippen LogP contribution in [0, 0.1) is 0 Å². The normalized spacial score (nSPS) is 11.6. The van der Waals surface area contributed by atoms with Gasteiger partial charge in [0.1, 0.15) is 11.2 Å². The van der Waals surface area contributed by atoms with Crippen LogP contribution in [0.3, 0.4) is 0 Å². The Hall–Kier alpha value is -7.36. The van der Waals surface area contributed by atoms with Crippen LogP contribution in [0.1, 0.15) is 0 Å². The molecule has 0 amide bonds. The maximum Gasteiger partial charge on any atom is 0.136 e. The highest BCUT2D eigenvalue weighted by molar-refractivity contribution is 6.12. The van der Waals surface area contributed by atoms with Crippen LogP contribution in [0.25, 0.3) is 82.5 Å². The first-order chi connectivity index (χ1) is 27.3. The van der Waals surface area contributed by atoms with Gasteiger partial charge < -0.3 is 13.9 Å². The lowest BCUT2D eigenvalue weighted by molar-refractivity contribution is 0.669. The molecule has 3 nitrogen and oxygen atoms in total. The first-order valence-corrected chi connectivity index (χ1v) is 18.8. The van der Waals surface area contributed by atoms with Gasteiger partial charge in [-0.2, -0.15) is 0 Å². The molecule has 0 aliphatic carbocycles. The third-order valence-corrected chi connectivity index (χ3v) is 11.0. The van der Waals surface area contributed by atoms with Crippen LogP contribution in [0.2, 0.25) is 0 Å². The molecule has 0 bridgehead atoms. The molecule has 0 N–H and O–H groups in total. The zero-order chi connectivity index (χ0) is 36.3. The number of para-hydroxylation sites is 4. The van der Waals surface area contributed by atoms with E-state index in [1.807, 2.05) is 12.1 Å². The summed E-state index contributed by atoms with van der Waals surface area (Å²) in [6.07, 6.45) is 0. The molecular formula is C52H34N2O. The van der Waals surface area contributed by atoms with Crippen molar-refractivity contribution in [1.29, 1.82) is 0 Å². The van der Waals surface area contributed by atoms with Gasteiger partial charge in [-0.05, 0) is 106 Å². The fourth-order valence-electron chi connectivity index (χ4n) is 8.36. The summed E-state index contributed by atoms with van der Waals surface area (Å²) in [4.78, 5) is 2.40. The molecule has 0 aliphatic heterocycles. The van der Waals surface area contributed by atoms with Gasteiger partial charge in [0.25, 0.3) is 0 Å². The lowest BCUT2D eigenvalue weighted by atomic mass is 9.99. The van der Waals surface area contributed by atoms with Gasteiger partial charge in [-0.1, -0.05) is 127 Å². The van der Waals surface area contributed by atoms with Crippen LogP contribution >= 0.6 is 0 Å². The highest BCUT2D eigenvalue weighted by Gasteiger charge is 2.20. The molecule has 3 heteroatoms. The number of fused-ring (bicyclic) bond motifs is 7. The van der Waals surface area contributed by atoms with E-state index < -0.39 is 0 Å². The summed E-state index contributed by atoms with van der Waals surface area (Å²) in [6, 6.07) is 74.0. The third-order valence-electron chi connectivity index (χ3n) is 11.0. The molecule has 11 aromatic rings. The predicted molar refractivity (Wildman–Crippen MR) is 231 cm³/mol. The van der Waals surface area contributed by atoms with E-state index in [-0.39, 0.29) is 0 Å². The van der Waals surface area contributed by atoms with Crippen molar-refractivity contribution in [2.75, 3.05) is 4.90 Å². The van der Waals surface area contributed by atoms with Crippen LogP contribution in [-0.4, -0.2) is 4.57 Å². The lowest BCUT2D eigenvalue weighted by Crippen LogP contribution is -2.11. The van der Waals surface area contributed by atoms with Crippen LogP contribution in [0.4, 0.5) is 17.1 Å². The standard InChI is InChI=1S/C52H34N2O/c1-3-13-36(14-4-1)43-17-7-10-20-48(43)53(42-29-30-50-46(34-42)44-18-8-11-21-49(44)54(50)40-15-5-2-6-16-40)41-27-25-35(26-28-41)37-23-24-38-32-47-45-19-9-12-22-51(45)55-52(47)33-39(38)31-37/h1-34H. The van der Waals surface area contributed by atoms with Crippen molar-refractivity contribution >= 4 is 71.6 Å². The smallest absolute Gasteiger partial charge is 0.136 e. The summed E-state index contributed by atoms with van der Waals surface area (Å²) in [5.74, 6) is 0. The highest BCUT2D eigenvalue weighted by atomic mass is 16.3. The topological polar surface area (TPSA) is 21.3 Å². The Kier molecular flexibility index (Phi) is 7.17. The lowest BCUT2D eigenvalue weighted by Gasteiger charge is -2.28. The van der Waals surface area contributed by atoms with Gasteiger partial charge >= 0.3 is 0 Å². The van der Waals surface area contributed by atoms with Crippen molar-refractivity contribution in [1.82, 2.24) is 4.57 Å². The quantitative estimate of drug-likeness (QED) is 0.172. The second-order valence-electron chi connectivity index (χ2n) is 14.2. The fraction of sp³-hybridized carbons (Fsp3) is 0. The molecule has 0 radical (unpaired) electrons. The van der Waals surface area contributed by atoms with E-state index in [1.54, 1.807) is 0 Å². The number of hydrogen-bond donors (Lipinski definition) is 0. The summed E-state index contributed by atoms with van der Waals surface area (Å²) < 4.78 is 8.61. The minimum Gasteiger partial charge on any atom is -0.456 e. The Morgan fingerprint density at radius 3 is 1.89 bits per heavy atom. The highest BCUT2D eigenvalue weighted by Crippen LogP contribution is 2.44. The number of aromatic nitrogens is 1. The third kappa shape index (κ3) is 5.20. The first kappa shape index (κ1) is 31.2. The van der Waals surface area contributed by atoms with Crippen molar-refractivity contribution in [2.45, 2.75) is 0 Å². The van der Waals surface area contributed by atoms with Gasteiger partial charge in [0.15, 0.2) is 0 Å². The van der Waals surface area contributed by atoms with Crippen LogP contribution < -0.4 is 4.90 Å². The Balaban J connectivity index is 1.06. The Morgan fingerprint density at radius 1 is 0.364 bits per heavy atom. The van der Waals surface area contributed by atoms with E-state index in [2.05, 4.69) is 204 Å². The molecule has 2 heterocycles. The maximum atomic E-state index is 6.24. The molecule has 0 saturated heterocycles. The zero-order valence-electron chi connectivity index (χ0n) is 29.9. The van der Waals surface area contributed by atoms with Gasteiger partial charge in [0, 0.05) is 44.2 Å². The van der Waals surface area contributed by atoms with Crippen LogP contribution in [0.15, 0.2) is 211 Å². The molecule has 0 atom stereocenters. The van der Waals surface area contributed by atoms with Gasteiger partial charge in [-0.3, -0.25) is 0 Å². The molecule has 258 valence electrons. The fourth-order valence-corrected chi connectivity index (χ4v) is 8.36. The molecule has 55 heavy (non-hydrogen) atoms. The van der Waals surface area contributed by atoms with Gasteiger partial charge in [-0.25, -0.2) is 0 Å². The van der Waals surface area contributed by atoms with Crippen molar-refractivity contribution in [3.63, 3.8) is 0 Å². The van der Waals surface area contributed by atoms with Crippen molar-refractivity contribution < 1.29 is 4.42 Å². The Morgan fingerprint density at radius 2 is 1.04 bits per heavy atom. The summed E-state index contributed by atoms with van der Waals surface area (Å²) in [5, 5.41) is 7.11. The molecule has 11 rings (SSSR count). The molecular weight excluding hydrogens is 669 g/mol. The summed E-state index contributed by atoms with van der Waals surface area (Å²) in [5.41, 5.74) is 13.3. The number of anilines is 3. The van der Waals surface area contributed by atoms with E-state index in [9.17, 15) is 0 Å². The Bertz CT molecular complexity index is 3190. The number of furan rings is 1. The molecule has 0 unspecified atom stereocenters. The Labute approximate surface area is 318 Å². The van der Waals surface area contributed by atoms with Gasteiger partial charge in [-0.15, -0.1) is 0 Å². The molecule has 9 aromatic carbocycles. The molecule has 0 aliphatic rings. The van der Waals surface area contributed by atoms with E-state index in [4.69, 9.17) is 4.42 Å². The van der Waals surface area contributed by atoms with Crippen molar-refractivity contribution in [3.05, 3.63) is 206 Å². The second-order valence-corrected chi connectivity index (χ2v) is 14.2. The number of rotatable bonds is 6. The largest absolute Gasteiger partial charge is 0.456 e. The zero-order valence-corrected chi connectivity index (χ0v) is 29.9. The van der Waals surface area contributed by atoms with Crippen molar-refractivity contribution in [2.24, 2.45) is 0 Å². The minimum absolute atomic E-state index is 0.915. The summed E-state index contributed by atoms with van der Waals surface area (Å²) in [7, 11) is 0. The van der Waals surface area contributed by atoms with Crippen LogP contribution in [-0.2, 0) is 0 Å². The molecule has 0 saturated carbocycles. The number of hydrogen-bond acceptors (Lipinski definition) is 2. The summed E-state index contributed by atoms with van der Waals surface area (Å²) >= 11 is 0. The van der Waals surface area contributed by atoms with E-state index in [0.29, 0.717) is 0 Å². The second kappa shape index (κ2) is 12.6. The van der Waals surface area contributed by atoms with Crippen LogP contribution in [0.5, 0.6) is 0 Å². The number of benzene rings is 9. The first-order valence-electron chi connectivity index (χ1n) is 18.8. The average Bonchev–Trinajstić information content (AvgIpc) is 3.78. The molecule has 0 fully saturated rings. The van der Waals surface area contributed by atoms with E-state index in [1.165, 1.54) is 43.9 Å². The minimum atomic E-state index is 0.915. The predicted octanol–water partition coefficient (Wildman–Crippen LogP) is 14.6. The maximum absolute atomic E-state index is 6.24. The van der Waals surface area contributed by atoms with E-state index >= 15 is 0 Å². The van der Waals surface area contributed by atoms with Crippen molar-refractivity contribution in [3.8, 4) is 27.9 Å². The molecule has 2 aromatic heterocycles. The average molecular weight is 703 g/mol. The SMILES string of the molecule is c1ccc(-c2ccccc2N(c2ccc(-c3ccc4cc5c(cc4c3)oc3ccccc35)cc2)c2ccc3c(c2)c2ccccc2n3-c2ccccc2)cc1. The van der Waals surface area contributed by atoms with Gasteiger partial charge in [0.05, 0.1) is 16.7 Å². The summed E-state index contributed by atoms with van der Waals surface area (Å²) in [6.45, 7) is 0. The van der Waals surface area contributed by atoms with Gasteiger partial charge in [0.2, 0.25) is 0 Å². The monoisotopic (exact) mass is 702 g/mol. The number of nitrogens with zero attached hydrogens (tertiary/aromatic N) is 2. The molecule has 0 spiro atoms.